The molecular weight excluding hydrogens is 352 g/mol. The maximum Gasteiger partial charge on any atom is 0.241 e. The molecule has 26 heavy (non-hydrogen) atoms. The van der Waals surface area contributed by atoms with Gasteiger partial charge in [-0.3, -0.25) is 4.79 Å². The van der Waals surface area contributed by atoms with Crippen molar-refractivity contribution in [2.45, 2.75) is 37.5 Å². The fourth-order valence-corrected chi connectivity index (χ4v) is 5.07. The zero-order valence-electron chi connectivity index (χ0n) is 15.3. The molecular formula is C18H26N4O3S. The molecule has 1 saturated heterocycles. The number of hydrogen-bond acceptors (Lipinski definition) is 5. The first kappa shape index (κ1) is 18.8. The van der Waals surface area contributed by atoms with Crippen molar-refractivity contribution in [1.82, 2.24) is 20.2 Å². The molecule has 1 aliphatic heterocycles. The van der Waals surface area contributed by atoms with Crippen LogP contribution in [0.1, 0.15) is 25.6 Å². The number of hydrogen-bond donors (Lipinski definition) is 2. The average molecular weight is 378 g/mol. The van der Waals surface area contributed by atoms with E-state index in [2.05, 4.69) is 27.1 Å². The lowest BCUT2D eigenvalue weighted by Crippen LogP contribution is -2.57. The van der Waals surface area contributed by atoms with Crippen molar-refractivity contribution in [1.29, 1.82) is 0 Å². The fourth-order valence-electron chi connectivity index (χ4n) is 3.71. The molecule has 8 heteroatoms. The van der Waals surface area contributed by atoms with E-state index in [0.29, 0.717) is 38.9 Å². The van der Waals surface area contributed by atoms with Gasteiger partial charge in [-0.25, -0.2) is 13.4 Å². The minimum Gasteiger partial charge on any atom is -0.354 e. The molecule has 2 heterocycles. The van der Waals surface area contributed by atoms with Crippen molar-refractivity contribution in [2.24, 2.45) is 0 Å². The van der Waals surface area contributed by atoms with Crippen molar-refractivity contribution >= 4 is 26.8 Å². The predicted molar refractivity (Wildman–Crippen MR) is 102 cm³/mol. The molecule has 2 aromatic rings. The van der Waals surface area contributed by atoms with E-state index < -0.39 is 14.6 Å². The van der Waals surface area contributed by atoms with E-state index in [9.17, 15) is 13.2 Å². The zero-order valence-corrected chi connectivity index (χ0v) is 16.1. The second-order valence-corrected chi connectivity index (χ2v) is 9.11. The molecule has 1 fully saturated rings. The van der Waals surface area contributed by atoms with Crippen molar-refractivity contribution in [3.8, 4) is 0 Å². The Labute approximate surface area is 154 Å². The highest BCUT2D eigenvalue weighted by molar-refractivity contribution is 7.92. The SMILES string of the molecule is CCn1c(CCNC(=O)C2(S(C)(=O)=O)CCNCC2)nc2ccccc21. The van der Waals surface area contributed by atoms with Gasteiger partial charge in [0, 0.05) is 25.8 Å². The fraction of sp³-hybridized carbons (Fsp3) is 0.556. The van der Waals surface area contributed by atoms with Crippen LogP contribution in [0.15, 0.2) is 24.3 Å². The van der Waals surface area contributed by atoms with E-state index in [1.165, 1.54) is 0 Å². The number of rotatable bonds is 6. The Morgan fingerprint density at radius 3 is 2.65 bits per heavy atom. The normalized spacial score (nSPS) is 17.3. The number of carbonyl (C=O) groups is 1. The van der Waals surface area contributed by atoms with Gasteiger partial charge in [0.1, 0.15) is 5.82 Å². The number of piperidine rings is 1. The van der Waals surface area contributed by atoms with E-state index in [1.54, 1.807) is 0 Å². The molecule has 2 N–H and O–H groups in total. The maximum absolute atomic E-state index is 12.7. The van der Waals surface area contributed by atoms with Crippen molar-refractivity contribution < 1.29 is 13.2 Å². The van der Waals surface area contributed by atoms with Gasteiger partial charge in [-0.05, 0) is 45.0 Å². The zero-order chi connectivity index (χ0) is 18.8. The van der Waals surface area contributed by atoms with E-state index in [1.807, 2.05) is 24.3 Å². The highest BCUT2D eigenvalue weighted by atomic mass is 32.2. The molecule has 1 aliphatic rings. The molecule has 0 unspecified atom stereocenters. The summed E-state index contributed by atoms with van der Waals surface area (Å²) in [5.41, 5.74) is 2.00. The Hall–Kier alpha value is -1.93. The Morgan fingerprint density at radius 2 is 2.00 bits per heavy atom. The lowest BCUT2D eigenvalue weighted by molar-refractivity contribution is -0.124. The van der Waals surface area contributed by atoms with Crippen LogP contribution in [0.5, 0.6) is 0 Å². The third-order valence-corrected chi connectivity index (χ3v) is 7.23. The van der Waals surface area contributed by atoms with Gasteiger partial charge in [0.2, 0.25) is 5.91 Å². The summed E-state index contributed by atoms with van der Waals surface area (Å²) in [6, 6.07) is 7.93. The van der Waals surface area contributed by atoms with Gasteiger partial charge in [0.05, 0.1) is 11.0 Å². The number of aromatic nitrogens is 2. The number of fused-ring (bicyclic) bond motifs is 1. The number of benzene rings is 1. The Kier molecular flexibility index (Phi) is 5.34. The molecule has 7 nitrogen and oxygen atoms in total. The standard InChI is InChI=1S/C18H26N4O3S/c1-3-22-15-7-5-4-6-14(15)21-16(22)8-11-20-17(23)18(26(2,24)25)9-12-19-13-10-18/h4-7,19H,3,8-13H2,1-2H3,(H,20,23). The van der Waals surface area contributed by atoms with Gasteiger partial charge in [0.15, 0.2) is 14.6 Å². The van der Waals surface area contributed by atoms with Crippen LogP contribution < -0.4 is 10.6 Å². The second kappa shape index (κ2) is 7.36. The molecule has 1 amide bonds. The molecule has 0 spiro atoms. The van der Waals surface area contributed by atoms with Crippen LogP contribution in [0, 0.1) is 0 Å². The number of nitrogens with one attached hydrogen (secondary N) is 2. The van der Waals surface area contributed by atoms with Crippen molar-refractivity contribution in [3.05, 3.63) is 30.1 Å². The highest BCUT2D eigenvalue weighted by Crippen LogP contribution is 2.28. The summed E-state index contributed by atoms with van der Waals surface area (Å²) in [5.74, 6) is 0.508. The third-order valence-electron chi connectivity index (χ3n) is 5.22. The molecule has 0 bridgehead atoms. The minimum absolute atomic E-state index is 0.311. The van der Waals surface area contributed by atoms with Gasteiger partial charge in [-0.1, -0.05) is 12.1 Å². The van der Waals surface area contributed by atoms with Crippen LogP contribution in [-0.2, 0) is 27.6 Å². The molecule has 0 atom stereocenters. The van der Waals surface area contributed by atoms with Gasteiger partial charge < -0.3 is 15.2 Å². The van der Waals surface area contributed by atoms with E-state index in [4.69, 9.17) is 0 Å². The van der Waals surface area contributed by atoms with Gasteiger partial charge >= 0.3 is 0 Å². The molecule has 0 aliphatic carbocycles. The first-order valence-corrected chi connectivity index (χ1v) is 10.9. The number of amides is 1. The first-order valence-electron chi connectivity index (χ1n) is 9.02. The Balaban J connectivity index is 1.72. The second-order valence-electron chi connectivity index (χ2n) is 6.78. The summed E-state index contributed by atoms with van der Waals surface area (Å²) >= 11 is 0. The molecule has 1 aromatic carbocycles. The molecule has 0 radical (unpaired) electrons. The Morgan fingerprint density at radius 1 is 1.31 bits per heavy atom. The summed E-state index contributed by atoms with van der Waals surface area (Å²) in [7, 11) is -3.49. The molecule has 142 valence electrons. The van der Waals surface area contributed by atoms with Crippen LogP contribution in [0.3, 0.4) is 0 Å². The molecule has 0 saturated carbocycles. The quantitative estimate of drug-likeness (QED) is 0.778. The van der Waals surface area contributed by atoms with Gasteiger partial charge in [-0.15, -0.1) is 0 Å². The van der Waals surface area contributed by atoms with Crippen molar-refractivity contribution in [3.63, 3.8) is 0 Å². The number of carbonyl (C=O) groups excluding carboxylic acids is 1. The van der Waals surface area contributed by atoms with E-state index in [0.717, 1.165) is 29.7 Å². The Bertz CT molecular complexity index is 898. The van der Waals surface area contributed by atoms with Crippen LogP contribution in [-0.4, -0.2) is 54.5 Å². The molecule has 1 aromatic heterocycles. The maximum atomic E-state index is 12.7. The van der Waals surface area contributed by atoms with Gasteiger partial charge in [-0.2, -0.15) is 0 Å². The summed E-state index contributed by atoms with van der Waals surface area (Å²) in [6.07, 6.45) is 2.34. The summed E-state index contributed by atoms with van der Waals surface area (Å²) in [5, 5.41) is 5.97. The van der Waals surface area contributed by atoms with E-state index >= 15 is 0 Å². The average Bonchev–Trinajstić information content (AvgIpc) is 2.98. The lowest BCUT2D eigenvalue weighted by Gasteiger charge is -2.34. The first-order chi connectivity index (χ1) is 12.4. The summed E-state index contributed by atoms with van der Waals surface area (Å²) in [4.78, 5) is 17.4. The number of para-hydroxylation sites is 2. The number of sulfone groups is 1. The highest BCUT2D eigenvalue weighted by Gasteiger charge is 2.48. The summed E-state index contributed by atoms with van der Waals surface area (Å²) < 4.78 is 25.4. The van der Waals surface area contributed by atoms with Crippen LogP contribution in [0.25, 0.3) is 11.0 Å². The monoisotopic (exact) mass is 378 g/mol. The largest absolute Gasteiger partial charge is 0.354 e. The third kappa shape index (κ3) is 3.35. The minimum atomic E-state index is -3.49. The number of imidazole rings is 1. The molecule has 3 rings (SSSR count). The van der Waals surface area contributed by atoms with Crippen LogP contribution >= 0.6 is 0 Å². The summed E-state index contributed by atoms with van der Waals surface area (Å²) in [6.45, 7) is 4.29. The smallest absolute Gasteiger partial charge is 0.241 e. The van der Waals surface area contributed by atoms with Gasteiger partial charge in [0.25, 0.3) is 0 Å². The topological polar surface area (TPSA) is 93.1 Å². The number of nitrogens with zero attached hydrogens (tertiary/aromatic N) is 2. The van der Waals surface area contributed by atoms with Crippen LogP contribution in [0.4, 0.5) is 0 Å². The van der Waals surface area contributed by atoms with Crippen molar-refractivity contribution in [2.75, 3.05) is 25.9 Å². The van der Waals surface area contributed by atoms with E-state index in [-0.39, 0.29) is 5.91 Å². The lowest BCUT2D eigenvalue weighted by atomic mass is 9.96. The number of aryl methyl sites for hydroxylation is 1. The predicted octanol–water partition coefficient (Wildman–Crippen LogP) is 0.882. The van der Waals surface area contributed by atoms with Crippen LogP contribution in [0.2, 0.25) is 0 Å².